The van der Waals surface area contributed by atoms with E-state index in [2.05, 4.69) is 9.62 Å². The standard InChI is InChI=1S/C13H19ClN2O3S/c1-16-5-6-19-13(9-16)8-15-20(17,18)10-11-3-2-4-12(14)7-11/h2-4,7,13,15H,5-6,8-10H2,1H3. The van der Waals surface area contributed by atoms with E-state index in [0.29, 0.717) is 23.7 Å². The molecule has 1 aliphatic heterocycles. The predicted octanol–water partition coefficient (Wildman–Crippen LogP) is 1.09. The van der Waals surface area contributed by atoms with Crippen molar-refractivity contribution in [3.63, 3.8) is 0 Å². The Kier molecular flexibility index (Phi) is 5.40. The van der Waals surface area contributed by atoms with Crippen LogP contribution in [-0.4, -0.2) is 52.7 Å². The maximum Gasteiger partial charge on any atom is 0.215 e. The van der Waals surface area contributed by atoms with Crippen LogP contribution in [0.2, 0.25) is 5.02 Å². The summed E-state index contributed by atoms with van der Waals surface area (Å²) < 4.78 is 32.1. The maximum atomic E-state index is 12.0. The van der Waals surface area contributed by atoms with Crippen LogP contribution in [-0.2, 0) is 20.5 Å². The van der Waals surface area contributed by atoms with E-state index in [1.807, 2.05) is 7.05 Å². The lowest BCUT2D eigenvalue weighted by Gasteiger charge is -2.30. The first-order valence-electron chi connectivity index (χ1n) is 6.46. The average molecular weight is 319 g/mol. The highest BCUT2D eigenvalue weighted by atomic mass is 35.5. The molecule has 112 valence electrons. The molecule has 1 N–H and O–H groups in total. The van der Waals surface area contributed by atoms with Crippen LogP contribution in [0.25, 0.3) is 0 Å². The first-order chi connectivity index (χ1) is 9.44. The third kappa shape index (κ3) is 5.03. The number of rotatable bonds is 5. The zero-order valence-corrected chi connectivity index (χ0v) is 13.0. The van der Waals surface area contributed by atoms with Crippen LogP contribution in [0.15, 0.2) is 24.3 Å². The summed E-state index contributed by atoms with van der Waals surface area (Å²) in [6, 6.07) is 6.87. The van der Waals surface area contributed by atoms with Gasteiger partial charge in [-0.05, 0) is 24.7 Å². The monoisotopic (exact) mass is 318 g/mol. The Morgan fingerprint density at radius 3 is 3.00 bits per heavy atom. The van der Waals surface area contributed by atoms with Gasteiger partial charge in [-0.1, -0.05) is 23.7 Å². The largest absolute Gasteiger partial charge is 0.374 e. The van der Waals surface area contributed by atoms with Gasteiger partial charge in [-0.25, -0.2) is 13.1 Å². The fraction of sp³-hybridized carbons (Fsp3) is 0.538. The van der Waals surface area contributed by atoms with Crippen LogP contribution < -0.4 is 4.72 Å². The summed E-state index contributed by atoms with van der Waals surface area (Å²) in [7, 11) is -1.38. The molecule has 1 aliphatic rings. The second-order valence-electron chi connectivity index (χ2n) is 4.99. The normalized spacial score (nSPS) is 21.0. The lowest BCUT2D eigenvalue weighted by molar-refractivity contribution is -0.0156. The number of hydrogen-bond acceptors (Lipinski definition) is 4. The molecule has 1 fully saturated rings. The van der Waals surface area contributed by atoms with Gasteiger partial charge < -0.3 is 9.64 Å². The van der Waals surface area contributed by atoms with Crippen molar-refractivity contribution >= 4 is 21.6 Å². The van der Waals surface area contributed by atoms with Crippen molar-refractivity contribution in [3.05, 3.63) is 34.9 Å². The van der Waals surface area contributed by atoms with Gasteiger partial charge in [-0.3, -0.25) is 0 Å². The molecule has 5 nitrogen and oxygen atoms in total. The predicted molar refractivity (Wildman–Crippen MR) is 79.3 cm³/mol. The smallest absolute Gasteiger partial charge is 0.215 e. The van der Waals surface area contributed by atoms with Crippen molar-refractivity contribution in [2.75, 3.05) is 33.3 Å². The molecule has 0 radical (unpaired) electrons. The topological polar surface area (TPSA) is 58.6 Å². The average Bonchev–Trinajstić information content (AvgIpc) is 2.36. The number of likely N-dealkylation sites (N-methyl/N-ethyl adjacent to an activating group) is 1. The number of morpholine rings is 1. The van der Waals surface area contributed by atoms with Gasteiger partial charge in [-0.2, -0.15) is 0 Å². The van der Waals surface area contributed by atoms with Gasteiger partial charge in [0.1, 0.15) is 0 Å². The molecule has 2 rings (SSSR count). The lowest BCUT2D eigenvalue weighted by Crippen LogP contribution is -2.46. The molecule has 0 amide bonds. The minimum absolute atomic E-state index is 0.0733. The summed E-state index contributed by atoms with van der Waals surface area (Å²) in [6.07, 6.45) is -0.0945. The first-order valence-corrected chi connectivity index (χ1v) is 8.49. The molecule has 1 aromatic rings. The van der Waals surface area contributed by atoms with Gasteiger partial charge in [0.2, 0.25) is 10.0 Å². The Bertz CT molecular complexity index is 550. The maximum absolute atomic E-state index is 12.0. The zero-order chi connectivity index (χ0) is 14.6. The molecule has 0 bridgehead atoms. The number of nitrogens with one attached hydrogen (secondary N) is 1. The van der Waals surface area contributed by atoms with Crippen molar-refractivity contribution in [1.82, 2.24) is 9.62 Å². The number of benzene rings is 1. The Hall–Kier alpha value is -0.660. The zero-order valence-electron chi connectivity index (χ0n) is 11.4. The molecule has 1 aromatic carbocycles. The second kappa shape index (κ2) is 6.87. The van der Waals surface area contributed by atoms with Crippen LogP contribution >= 0.6 is 11.6 Å². The highest BCUT2D eigenvalue weighted by molar-refractivity contribution is 7.88. The van der Waals surface area contributed by atoms with E-state index >= 15 is 0 Å². The summed E-state index contributed by atoms with van der Waals surface area (Å²) in [6.45, 7) is 2.55. The summed E-state index contributed by atoms with van der Waals surface area (Å²) in [5, 5.41) is 0.537. The molecule has 1 unspecified atom stereocenters. The molecule has 0 aliphatic carbocycles. The van der Waals surface area contributed by atoms with E-state index in [1.165, 1.54) is 0 Å². The summed E-state index contributed by atoms with van der Waals surface area (Å²) >= 11 is 5.85. The number of hydrogen-bond donors (Lipinski definition) is 1. The SMILES string of the molecule is CN1CCOC(CNS(=O)(=O)Cc2cccc(Cl)c2)C1. The third-order valence-electron chi connectivity index (χ3n) is 3.12. The van der Waals surface area contributed by atoms with E-state index in [-0.39, 0.29) is 11.9 Å². The van der Waals surface area contributed by atoms with Crippen molar-refractivity contribution in [2.45, 2.75) is 11.9 Å². The van der Waals surface area contributed by atoms with Gasteiger partial charge in [0.15, 0.2) is 0 Å². The summed E-state index contributed by atoms with van der Waals surface area (Å²) in [5.74, 6) is -0.0733. The van der Waals surface area contributed by atoms with Gasteiger partial charge >= 0.3 is 0 Å². The van der Waals surface area contributed by atoms with Gasteiger partial charge in [0.25, 0.3) is 0 Å². The van der Waals surface area contributed by atoms with Gasteiger partial charge in [-0.15, -0.1) is 0 Å². The molecule has 1 saturated heterocycles. The Morgan fingerprint density at radius 2 is 2.30 bits per heavy atom. The molecular weight excluding hydrogens is 300 g/mol. The van der Waals surface area contributed by atoms with Crippen molar-refractivity contribution < 1.29 is 13.2 Å². The minimum Gasteiger partial charge on any atom is -0.374 e. The second-order valence-corrected chi connectivity index (χ2v) is 7.24. The van der Waals surface area contributed by atoms with E-state index in [0.717, 1.165) is 13.1 Å². The number of halogens is 1. The van der Waals surface area contributed by atoms with Gasteiger partial charge in [0.05, 0.1) is 18.5 Å². The molecule has 20 heavy (non-hydrogen) atoms. The van der Waals surface area contributed by atoms with Crippen molar-refractivity contribution in [3.8, 4) is 0 Å². The van der Waals surface area contributed by atoms with E-state index in [1.54, 1.807) is 24.3 Å². The Balaban J connectivity index is 1.87. The van der Waals surface area contributed by atoms with E-state index < -0.39 is 10.0 Å². The van der Waals surface area contributed by atoms with Crippen molar-refractivity contribution in [2.24, 2.45) is 0 Å². The van der Waals surface area contributed by atoms with Crippen LogP contribution in [0.1, 0.15) is 5.56 Å². The van der Waals surface area contributed by atoms with Crippen LogP contribution in [0, 0.1) is 0 Å². The third-order valence-corrected chi connectivity index (χ3v) is 4.67. The molecule has 1 heterocycles. The number of nitrogens with zero attached hydrogens (tertiary/aromatic N) is 1. The highest BCUT2D eigenvalue weighted by Crippen LogP contribution is 2.13. The minimum atomic E-state index is -3.38. The fourth-order valence-corrected chi connectivity index (χ4v) is 3.48. The molecule has 7 heteroatoms. The molecule has 0 saturated carbocycles. The first kappa shape index (κ1) is 15.7. The molecule has 0 spiro atoms. The quantitative estimate of drug-likeness (QED) is 0.883. The van der Waals surface area contributed by atoms with E-state index in [4.69, 9.17) is 16.3 Å². The molecular formula is C13H19ClN2O3S. The van der Waals surface area contributed by atoms with Crippen molar-refractivity contribution in [1.29, 1.82) is 0 Å². The van der Waals surface area contributed by atoms with Crippen LogP contribution in [0.4, 0.5) is 0 Å². The molecule has 1 atom stereocenters. The van der Waals surface area contributed by atoms with Crippen LogP contribution in [0.3, 0.4) is 0 Å². The number of sulfonamides is 1. The van der Waals surface area contributed by atoms with Crippen LogP contribution in [0.5, 0.6) is 0 Å². The lowest BCUT2D eigenvalue weighted by atomic mass is 10.2. The fourth-order valence-electron chi connectivity index (χ4n) is 2.11. The number of ether oxygens (including phenoxy) is 1. The Morgan fingerprint density at radius 1 is 1.50 bits per heavy atom. The van der Waals surface area contributed by atoms with Gasteiger partial charge in [0, 0.05) is 24.7 Å². The summed E-state index contributed by atoms with van der Waals surface area (Å²) in [4.78, 5) is 2.12. The summed E-state index contributed by atoms with van der Waals surface area (Å²) in [5.41, 5.74) is 0.673. The molecule has 0 aromatic heterocycles. The van der Waals surface area contributed by atoms with E-state index in [9.17, 15) is 8.42 Å². The highest BCUT2D eigenvalue weighted by Gasteiger charge is 2.20. The Labute approximate surface area is 124 Å².